The van der Waals surface area contributed by atoms with E-state index >= 15 is 0 Å². The van der Waals surface area contributed by atoms with Crippen LogP contribution in [0.4, 0.5) is 0 Å². The van der Waals surface area contributed by atoms with E-state index in [0.29, 0.717) is 17.5 Å². The molecule has 0 atom stereocenters. The molecule has 10 aromatic rings. The van der Waals surface area contributed by atoms with Gasteiger partial charge in [0.25, 0.3) is 0 Å². The monoisotopic (exact) mass is 731 g/mol. The summed E-state index contributed by atoms with van der Waals surface area (Å²) in [5.41, 5.74) is 16.7. The molecule has 0 radical (unpaired) electrons. The highest BCUT2D eigenvalue weighted by molar-refractivity contribution is 6.09. The van der Waals surface area contributed by atoms with E-state index in [-0.39, 0.29) is 7.43 Å². The van der Waals surface area contributed by atoms with Gasteiger partial charge >= 0.3 is 0 Å². The minimum Gasteiger partial charge on any atom is -0.455 e. The molecule has 0 bridgehead atoms. The van der Waals surface area contributed by atoms with Crippen LogP contribution in [-0.4, -0.2) is 15.0 Å². The molecule has 0 unspecified atom stereocenters. The zero-order valence-corrected chi connectivity index (χ0v) is 30.4. The van der Waals surface area contributed by atoms with Crippen LogP contribution in [0, 0.1) is 0 Å². The first-order valence-electron chi connectivity index (χ1n) is 19.0. The van der Waals surface area contributed by atoms with Crippen LogP contribution in [0.2, 0.25) is 0 Å². The number of aromatic nitrogens is 3. The first-order valence-corrected chi connectivity index (χ1v) is 19.0. The summed E-state index contributed by atoms with van der Waals surface area (Å²) >= 11 is 0. The van der Waals surface area contributed by atoms with Crippen molar-refractivity contribution < 1.29 is 4.42 Å². The number of rotatable bonds is 6. The Morgan fingerprint density at radius 3 is 1.56 bits per heavy atom. The molecule has 4 nitrogen and oxygen atoms in total. The molecule has 270 valence electrons. The molecule has 0 fully saturated rings. The van der Waals surface area contributed by atoms with Crippen LogP contribution in [0.15, 0.2) is 192 Å². The fraction of sp³-hybridized carbons (Fsp3) is 0.0377. The van der Waals surface area contributed by atoms with E-state index in [2.05, 4.69) is 133 Å². The van der Waals surface area contributed by atoms with Crippen molar-refractivity contribution >= 4 is 21.9 Å². The van der Waals surface area contributed by atoms with Gasteiger partial charge in [0.05, 0.1) is 5.56 Å². The molecule has 4 heteroatoms. The summed E-state index contributed by atoms with van der Waals surface area (Å²) in [5.74, 6) is 1.86. The Bertz CT molecular complexity index is 3090. The Labute approximate surface area is 331 Å². The number of para-hydroxylation sites is 2. The molecule has 1 aliphatic rings. The molecule has 0 aliphatic heterocycles. The van der Waals surface area contributed by atoms with E-state index in [4.69, 9.17) is 19.4 Å². The fourth-order valence-corrected chi connectivity index (χ4v) is 8.32. The number of furan rings is 1. The Kier molecular flexibility index (Phi) is 8.38. The summed E-state index contributed by atoms with van der Waals surface area (Å²) in [4.78, 5) is 15.5. The van der Waals surface area contributed by atoms with Crippen molar-refractivity contribution in [1.29, 1.82) is 0 Å². The molecule has 0 spiro atoms. The smallest absolute Gasteiger partial charge is 0.167 e. The van der Waals surface area contributed by atoms with E-state index in [1.54, 1.807) is 0 Å². The predicted octanol–water partition coefficient (Wildman–Crippen LogP) is 14.0. The second kappa shape index (κ2) is 14.0. The van der Waals surface area contributed by atoms with Crippen LogP contribution in [0.5, 0.6) is 0 Å². The van der Waals surface area contributed by atoms with Crippen LogP contribution in [0.25, 0.3) is 101 Å². The highest BCUT2D eigenvalue weighted by Gasteiger charge is 2.26. The van der Waals surface area contributed by atoms with Crippen molar-refractivity contribution in [2.24, 2.45) is 0 Å². The highest BCUT2D eigenvalue weighted by atomic mass is 16.3. The molecule has 2 aromatic heterocycles. The molecular weight excluding hydrogens is 695 g/mol. The topological polar surface area (TPSA) is 51.8 Å². The largest absolute Gasteiger partial charge is 0.455 e. The summed E-state index contributed by atoms with van der Waals surface area (Å²) in [5, 5.41) is 2.11. The maximum absolute atomic E-state index is 6.46. The lowest BCUT2D eigenvalue weighted by molar-refractivity contribution is 0.669. The quantitative estimate of drug-likeness (QED) is 0.171. The zero-order valence-electron chi connectivity index (χ0n) is 30.4. The molecule has 2 heterocycles. The van der Waals surface area contributed by atoms with E-state index in [1.807, 2.05) is 54.6 Å². The van der Waals surface area contributed by atoms with Gasteiger partial charge in [-0.1, -0.05) is 177 Å². The van der Waals surface area contributed by atoms with Gasteiger partial charge in [-0.05, 0) is 73.8 Å². The lowest BCUT2D eigenvalue weighted by atomic mass is 9.93. The lowest BCUT2D eigenvalue weighted by Gasteiger charge is -2.12. The average Bonchev–Trinajstić information content (AvgIpc) is 3.86. The second-order valence-corrected chi connectivity index (χ2v) is 14.3. The maximum Gasteiger partial charge on any atom is 0.167 e. The van der Waals surface area contributed by atoms with Gasteiger partial charge in [0, 0.05) is 28.3 Å². The molecule has 1 aliphatic carbocycles. The fourth-order valence-electron chi connectivity index (χ4n) is 8.32. The van der Waals surface area contributed by atoms with Crippen LogP contribution in [0.3, 0.4) is 0 Å². The van der Waals surface area contributed by atoms with Gasteiger partial charge in [-0.3, -0.25) is 0 Å². The van der Waals surface area contributed by atoms with Gasteiger partial charge in [-0.25, -0.2) is 15.0 Å². The molecule has 8 aromatic carbocycles. The van der Waals surface area contributed by atoms with Gasteiger partial charge in [0.2, 0.25) is 0 Å². The van der Waals surface area contributed by atoms with Crippen molar-refractivity contribution in [2.45, 2.75) is 13.8 Å². The molecule has 11 rings (SSSR count). The number of fused-ring (bicyclic) bond motifs is 6. The molecule has 0 N–H and O–H groups in total. The third kappa shape index (κ3) is 5.90. The number of nitrogens with zero attached hydrogens (tertiary/aromatic N) is 3. The van der Waals surface area contributed by atoms with E-state index in [1.165, 1.54) is 55.6 Å². The van der Waals surface area contributed by atoms with Crippen molar-refractivity contribution in [3.63, 3.8) is 0 Å². The second-order valence-electron chi connectivity index (χ2n) is 14.3. The summed E-state index contributed by atoms with van der Waals surface area (Å²) in [6, 6.07) is 66.0. The summed E-state index contributed by atoms with van der Waals surface area (Å²) in [6.45, 7) is 0. The molecule has 0 saturated carbocycles. The van der Waals surface area contributed by atoms with Crippen molar-refractivity contribution in [3.8, 4) is 78.7 Å². The number of hydrogen-bond donors (Lipinski definition) is 0. The van der Waals surface area contributed by atoms with E-state index in [9.17, 15) is 0 Å². The Hall–Kier alpha value is -7.43. The molecule has 0 amide bonds. The van der Waals surface area contributed by atoms with Gasteiger partial charge in [0.1, 0.15) is 11.2 Å². The number of hydrogen-bond acceptors (Lipinski definition) is 4. The highest BCUT2D eigenvalue weighted by Crippen LogP contribution is 2.46. The van der Waals surface area contributed by atoms with E-state index in [0.717, 1.165) is 45.0 Å². The number of benzene rings is 8. The first kappa shape index (κ1) is 34.1. The van der Waals surface area contributed by atoms with Crippen LogP contribution < -0.4 is 0 Å². The normalized spacial score (nSPS) is 11.6. The first-order chi connectivity index (χ1) is 27.7. The van der Waals surface area contributed by atoms with Crippen molar-refractivity contribution in [3.05, 3.63) is 199 Å². The third-order valence-electron chi connectivity index (χ3n) is 11.0. The molecule has 0 saturated heterocycles. The minimum absolute atomic E-state index is 0. The van der Waals surface area contributed by atoms with Crippen molar-refractivity contribution in [2.75, 3.05) is 0 Å². The molecular formula is C53H37N3O. The minimum atomic E-state index is 0. The average molecular weight is 732 g/mol. The van der Waals surface area contributed by atoms with Gasteiger partial charge in [-0.15, -0.1) is 0 Å². The Balaban J connectivity index is 0.00000396. The van der Waals surface area contributed by atoms with Gasteiger partial charge in [-0.2, -0.15) is 0 Å². The van der Waals surface area contributed by atoms with Crippen LogP contribution in [-0.2, 0) is 6.42 Å². The predicted molar refractivity (Wildman–Crippen MR) is 235 cm³/mol. The van der Waals surface area contributed by atoms with Gasteiger partial charge in [0.15, 0.2) is 17.5 Å². The third-order valence-corrected chi connectivity index (χ3v) is 11.0. The van der Waals surface area contributed by atoms with Gasteiger partial charge < -0.3 is 4.42 Å². The zero-order chi connectivity index (χ0) is 37.0. The standard InChI is InChI=1S/C52H33N3O.CH4/c1-3-13-33(14-4-1)34-27-29-35(30-28-34)37-17-9-18-38(31-37)39-20-10-21-40-41-22-11-24-44(47(41)32-46(39)40)51-53-50(36-15-5-2-6-16-36)54-52(55-51)45-25-12-23-43-42-19-7-8-26-48(42)56-49(43)45;/h1-31H,32H2;1H4. The SMILES string of the molecule is C.c1ccc(-c2ccc(-c3cccc(-c4cccc5c4Cc4c(-c6nc(-c7ccccc7)nc(-c7cccc8c7oc7ccccc78)n6)cccc4-5)c3)cc2)cc1. The summed E-state index contributed by atoms with van der Waals surface area (Å²) in [7, 11) is 0. The molecule has 57 heavy (non-hydrogen) atoms. The maximum atomic E-state index is 6.46. The van der Waals surface area contributed by atoms with Crippen molar-refractivity contribution in [1.82, 2.24) is 15.0 Å². The summed E-state index contributed by atoms with van der Waals surface area (Å²) < 4.78 is 6.46. The van der Waals surface area contributed by atoms with Crippen LogP contribution in [0.1, 0.15) is 18.6 Å². The Morgan fingerprint density at radius 1 is 0.333 bits per heavy atom. The lowest BCUT2D eigenvalue weighted by Crippen LogP contribution is -2.02. The Morgan fingerprint density at radius 2 is 0.807 bits per heavy atom. The van der Waals surface area contributed by atoms with Crippen LogP contribution >= 0.6 is 0 Å². The summed E-state index contributed by atoms with van der Waals surface area (Å²) in [6.07, 6.45) is 0.772. The van der Waals surface area contributed by atoms with E-state index < -0.39 is 0 Å².